The molecule has 6 nitrogen and oxygen atoms in total. The number of hydrogen-bond donors (Lipinski definition) is 2. The third-order valence-corrected chi connectivity index (χ3v) is 5.74. The number of nitrogens with zero attached hydrogens (tertiary/aromatic N) is 1. The van der Waals surface area contributed by atoms with Crippen molar-refractivity contribution in [3.8, 4) is 0 Å². The van der Waals surface area contributed by atoms with E-state index < -0.39 is 21.3 Å². The SMILES string of the molecule is C=C[C@@H]1C[C@@]1(C(=O)NS(=O)(=O)c1cccnc1N)C(C)(C)C. The summed E-state index contributed by atoms with van der Waals surface area (Å²) in [6.45, 7) is 9.48. The summed E-state index contributed by atoms with van der Waals surface area (Å²) in [6, 6.07) is 2.78. The van der Waals surface area contributed by atoms with Gasteiger partial charge in [0.15, 0.2) is 0 Å². The average Bonchev–Trinajstić information content (AvgIpc) is 3.14. The molecule has 1 aliphatic carbocycles. The highest BCUT2D eigenvalue weighted by molar-refractivity contribution is 7.90. The number of aromatic nitrogens is 1. The van der Waals surface area contributed by atoms with Crippen molar-refractivity contribution >= 4 is 21.7 Å². The van der Waals surface area contributed by atoms with E-state index in [1.807, 2.05) is 20.8 Å². The van der Waals surface area contributed by atoms with Gasteiger partial charge in [0, 0.05) is 6.20 Å². The predicted molar refractivity (Wildman–Crippen MR) is 84.2 cm³/mol. The van der Waals surface area contributed by atoms with Gasteiger partial charge in [0.1, 0.15) is 10.7 Å². The molecule has 1 heterocycles. The van der Waals surface area contributed by atoms with E-state index in [0.717, 1.165) is 0 Å². The van der Waals surface area contributed by atoms with Crippen molar-refractivity contribution in [1.82, 2.24) is 9.71 Å². The van der Waals surface area contributed by atoms with Gasteiger partial charge in [-0.1, -0.05) is 26.8 Å². The van der Waals surface area contributed by atoms with Crippen molar-refractivity contribution < 1.29 is 13.2 Å². The molecule has 1 aromatic rings. The number of rotatable bonds is 4. The third-order valence-electron chi connectivity index (χ3n) is 4.36. The zero-order valence-electron chi connectivity index (χ0n) is 13.0. The van der Waals surface area contributed by atoms with Crippen LogP contribution in [0.3, 0.4) is 0 Å². The van der Waals surface area contributed by atoms with Gasteiger partial charge in [-0.05, 0) is 29.9 Å². The number of amides is 1. The van der Waals surface area contributed by atoms with Crippen LogP contribution in [0.1, 0.15) is 27.2 Å². The van der Waals surface area contributed by atoms with E-state index in [1.54, 1.807) is 6.08 Å². The molecule has 2 rings (SSSR count). The van der Waals surface area contributed by atoms with E-state index in [9.17, 15) is 13.2 Å². The number of nitrogens with one attached hydrogen (secondary N) is 1. The Hall–Kier alpha value is -1.89. The van der Waals surface area contributed by atoms with Gasteiger partial charge in [-0.2, -0.15) is 0 Å². The van der Waals surface area contributed by atoms with E-state index in [0.29, 0.717) is 6.42 Å². The van der Waals surface area contributed by atoms with Crippen LogP contribution in [0.5, 0.6) is 0 Å². The molecular formula is C15H21N3O3S. The Bertz CT molecular complexity index is 722. The van der Waals surface area contributed by atoms with Crippen LogP contribution < -0.4 is 10.5 Å². The van der Waals surface area contributed by atoms with Crippen molar-refractivity contribution in [3.63, 3.8) is 0 Å². The van der Waals surface area contributed by atoms with Gasteiger partial charge >= 0.3 is 0 Å². The first-order valence-corrected chi connectivity index (χ1v) is 8.45. The maximum Gasteiger partial charge on any atom is 0.267 e. The first-order chi connectivity index (χ1) is 10.1. The highest BCUT2D eigenvalue weighted by Gasteiger charge is 2.65. The minimum absolute atomic E-state index is 0.0334. The summed E-state index contributed by atoms with van der Waals surface area (Å²) >= 11 is 0. The number of nitrogens with two attached hydrogens (primary N) is 1. The smallest absolute Gasteiger partial charge is 0.267 e. The van der Waals surface area contributed by atoms with Gasteiger partial charge in [-0.25, -0.2) is 18.1 Å². The van der Waals surface area contributed by atoms with Gasteiger partial charge in [-0.15, -0.1) is 6.58 Å². The molecule has 3 N–H and O–H groups in total. The highest BCUT2D eigenvalue weighted by atomic mass is 32.2. The van der Waals surface area contributed by atoms with E-state index >= 15 is 0 Å². The van der Waals surface area contributed by atoms with Crippen molar-refractivity contribution in [3.05, 3.63) is 31.0 Å². The summed E-state index contributed by atoms with van der Waals surface area (Å²) in [5, 5.41) is 0. The van der Waals surface area contributed by atoms with E-state index in [4.69, 9.17) is 5.73 Å². The molecule has 0 saturated heterocycles. The molecular weight excluding hydrogens is 302 g/mol. The number of hydrogen-bond acceptors (Lipinski definition) is 5. The molecule has 0 radical (unpaired) electrons. The Morgan fingerprint density at radius 3 is 2.64 bits per heavy atom. The molecule has 0 aliphatic heterocycles. The minimum atomic E-state index is -4.05. The third kappa shape index (κ3) is 2.49. The van der Waals surface area contributed by atoms with Crippen molar-refractivity contribution in [2.45, 2.75) is 32.1 Å². The van der Waals surface area contributed by atoms with Crippen molar-refractivity contribution in [1.29, 1.82) is 0 Å². The maximum absolute atomic E-state index is 12.6. The van der Waals surface area contributed by atoms with E-state index in [-0.39, 0.29) is 22.0 Å². The molecule has 22 heavy (non-hydrogen) atoms. The number of pyridine rings is 1. The molecule has 1 amide bonds. The standard InChI is InChI=1S/C15H21N3O3S/c1-5-10-9-15(10,14(2,3)4)13(19)18-22(20,21)11-7-6-8-17-12(11)16/h5-8,10H,1,9H2,2-4H3,(H2,16,17)(H,18,19)/t10-,15-/m1/s1. The first-order valence-electron chi connectivity index (χ1n) is 6.96. The fourth-order valence-electron chi connectivity index (χ4n) is 2.93. The number of sulfonamides is 1. The number of nitrogen functional groups attached to an aromatic ring is 1. The summed E-state index contributed by atoms with van der Waals surface area (Å²) < 4.78 is 26.9. The summed E-state index contributed by atoms with van der Waals surface area (Å²) in [4.78, 5) is 16.2. The summed E-state index contributed by atoms with van der Waals surface area (Å²) in [5.41, 5.74) is 4.44. The molecule has 1 aliphatic rings. The zero-order valence-corrected chi connectivity index (χ0v) is 13.8. The second-order valence-electron chi connectivity index (χ2n) is 6.59. The number of allylic oxidation sites excluding steroid dienone is 1. The van der Waals surface area contributed by atoms with Gasteiger partial charge in [0.2, 0.25) is 5.91 Å². The number of carbonyl (C=O) groups excluding carboxylic acids is 1. The second kappa shape index (κ2) is 5.08. The van der Waals surface area contributed by atoms with Crippen LogP contribution in [0, 0.1) is 16.7 Å². The Morgan fingerprint density at radius 2 is 2.18 bits per heavy atom. The Kier molecular flexibility index (Phi) is 3.81. The van der Waals surface area contributed by atoms with Crippen LogP contribution >= 0.6 is 0 Å². The molecule has 7 heteroatoms. The summed E-state index contributed by atoms with van der Waals surface area (Å²) in [5.74, 6) is -0.689. The van der Waals surface area contributed by atoms with E-state index in [1.165, 1.54) is 18.3 Å². The van der Waals surface area contributed by atoms with Crippen molar-refractivity contribution in [2.24, 2.45) is 16.7 Å². The topological polar surface area (TPSA) is 102 Å². The number of carbonyl (C=O) groups is 1. The monoisotopic (exact) mass is 323 g/mol. The molecule has 0 unspecified atom stereocenters. The molecule has 0 bridgehead atoms. The van der Waals surface area contributed by atoms with Crippen LogP contribution in [0.2, 0.25) is 0 Å². The largest absolute Gasteiger partial charge is 0.383 e. The minimum Gasteiger partial charge on any atom is -0.383 e. The first kappa shape index (κ1) is 16.5. The Morgan fingerprint density at radius 1 is 1.55 bits per heavy atom. The fourth-order valence-corrected chi connectivity index (χ4v) is 4.06. The molecule has 1 aromatic heterocycles. The summed E-state index contributed by atoms with van der Waals surface area (Å²) in [7, 11) is -4.05. The predicted octanol–water partition coefficient (Wildman–Crippen LogP) is 1.71. The average molecular weight is 323 g/mol. The lowest BCUT2D eigenvalue weighted by atomic mass is 9.75. The number of anilines is 1. The van der Waals surface area contributed by atoms with Crippen LogP contribution in [0.15, 0.2) is 35.9 Å². The van der Waals surface area contributed by atoms with Gasteiger partial charge in [-0.3, -0.25) is 4.79 Å². The second-order valence-corrected chi connectivity index (χ2v) is 8.24. The molecule has 120 valence electrons. The highest BCUT2D eigenvalue weighted by Crippen LogP contribution is 2.63. The quantitative estimate of drug-likeness (QED) is 0.821. The lowest BCUT2D eigenvalue weighted by molar-refractivity contribution is -0.128. The normalized spacial score (nSPS) is 24.6. The molecule has 1 saturated carbocycles. The molecule has 0 aromatic carbocycles. The summed E-state index contributed by atoms with van der Waals surface area (Å²) in [6.07, 6.45) is 3.68. The Labute approximate surface area is 130 Å². The van der Waals surface area contributed by atoms with Crippen LogP contribution in [0.4, 0.5) is 5.82 Å². The zero-order chi connectivity index (χ0) is 16.8. The van der Waals surface area contributed by atoms with Gasteiger partial charge in [0.25, 0.3) is 10.0 Å². The lowest BCUT2D eigenvalue weighted by Gasteiger charge is -2.30. The van der Waals surface area contributed by atoms with Crippen LogP contribution in [-0.4, -0.2) is 19.3 Å². The van der Waals surface area contributed by atoms with Crippen LogP contribution in [-0.2, 0) is 14.8 Å². The molecule has 2 atom stereocenters. The van der Waals surface area contributed by atoms with Crippen LogP contribution in [0.25, 0.3) is 0 Å². The fraction of sp³-hybridized carbons (Fsp3) is 0.467. The van der Waals surface area contributed by atoms with E-state index in [2.05, 4.69) is 16.3 Å². The van der Waals surface area contributed by atoms with Gasteiger partial charge < -0.3 is 5.73 Å². The van der Waals surface area contributed by atoms with Crippen molar-refractivity contribution in [2.75, 3.05) is 5.73 Å². The molecule has 1 fully saturated rings. The van der Waals surface area contributed by atoms with Gasteiger partial charge in [0.05, 0.1) is 5.41 Å². The maximum atomic E-state index is 12.6. The lowest BCUT2D eigenvalue weighted by Crippen LogP contribution is -2.43. The molecule has 0 spiro atoms. The Balaban J connectivity index is 2.33.